The Morgan fingerprint density at radius 1 is 0.905 bits per heavy atom. The second-order valence-corrected chi connectivity index (χ2v) is 12.0. The summed E-state index contributed by atoms with van der Waals surface area (Å²) in [6, 6.07) is 8.45. The Hall–Kier alpha value is -3.42. The molecule has 0 saturated carbocycles. The fourth-order valence-electron chi connectivity index (χ4n) is 6.21. The number of carbonyl (C=O) groups excluding carboxylic acids is 2. The van der Waals surface area contributed by atoms with Crippen LogP contribution in [-0.2, 0) is 16.0 Å². The van der Waals surface area contributed by atoms with Gasteiger partial charge in [-0.2, -0.15) is 0 Å². The first-order valence-electron chi connectivity index (χ1n) is 16.1. The van der Waals surface area contributed by atoms with Gasteiger partial charge in [0.05, 0.1) is 6.61 Å². The van der Waals surface area contributed by atoms with E-state index in [9.17, 15) is 9.59 Å². The molecule has 2 aliphatic heterocycles. The molecule has 1 atom stereocenters. The number of piperazine rings is 1. The summed E-state index contributed by atoms with van der Waals surface area (Å²) in [6.07, 6.45) is 14.4. The van der Waals surface area contributed by atoms with E-state index in [2.05, 4.69) is 59.1 Å². The molecule has 2 fully saturated rings. The van der Waals surface area contributed by atoms with Crippen molar-refractivity contribution >= 4 is 23.3 Å². The lowest BCUT2D eigenvalue weighted by molar-refractivity contribution is -0.142. The van der Waals surface area contributed by atoms with Crippen molar-refractivity contribution in [3.8, 4) is 5.75 Å². The van der Waals surface area contributed by atoms with E-state index in [1.165, 1.54) is 16.7 Å². The highest BCUT2D eigenvalue weighted by Crippen LogP contribution is 2.32. The molecular weight excluding hydrogens is 526 g/mol. The standard InChI is InChI=1S/C34H47N5O3/c1-3-5-6-32(40)37-19-21-38(22-20-37)33(41)30-9-7-28(8-10-30)29-11-13-31(14-12-29)42-25-27-15-17-39(18-16-27)34-35-23-26(4-2)24-36-34/h7,11-14,23-24,27,30H,3-6,8-10,15-22,25H2,1-2H3. The van der Waals surface area contributed by atoms with Gasteiger partial charge in [-0.3, -0.25) is 9.59 Å². The quantitative estimate of drug-likeness (QED) is 0.380. The molecule has 42 heavy (non-hydrogen) atoms. The lowest BCUT2D eigenvalue weighted by Gasteiger charge is -2.37. The van der Waals surface area contributed by atoms with E-state index >= 15 is 0 Å². The molecule has 1 aliphatic carbocycles. The lowest BCUT2D eigenvalue weighted by Crippen LogP contribution is -2.52. The Labute approximate surface area is 251 Å². The number of hydrogen-bond acceptors (Lipinski definition) is 6. The number of anilines is 1. The summed E-state index contributed by atoms with van der Waals surface area (Å²) in [5, 5.41) is 0. The van der Waals surface area contributed by atoms with E-state index in [1.807, 2.05) is 22.2 Å². The van der Waals surface area contributed by atoms with E-state index < -0.39 is 0 Å². The zero-order valence-corrected chi connectivity index (χ0v) is 25.5. The highest BCUT2D eigenvalue weighted by Gasteiger charge is 2.30. The number of unbranched alkanes of at least 4 members (excludes halogenated alkanes) is 1. The summed E-state index contributed by atoms with van der Waals surface area (Å²) in [4.78, 5) is 40.7. The monoisotopic (exact) mass is 573 g/mol. The molecule has 1 aromatic carbocycles. The van der Waals surface area contributed by atoms with Gasteiger partial charge in [-0.25, -0.2) is 9.97 Å². The van der Waals surface area contributed by atoms with Gasteiger partial charge in [0, 0.05) is 64.0 Å². The van der Waals surface area contributed by atoms with Gasteiger partial charge in [0.25, 0.3) is 0 Å². The number of aromatic nitrogens is 2. The summed E-state index contributed by atoms with van der Waals surface area (Å²) in [6.45, 7) is 9.53. The predicted octanol–water partition coefficient (Wildman–Crippen LogP) is 5.38. The molecule has 0 spiro atoms. The van der Waals surface area contributed by atoms with Gasteiger partial charge < -0.3 is 19.4 Å². The Kier molecular flexibility index (Phi) is 10.5. The number of aryl methyl sites for hydroxylation is 1. The van der Waals surface area contributed by atoms with Crippen LogP contribution in [0.15, 0.2) is 42.7 Å². The van der Waals surface area contributed by atoms with E-state index in [0.29, 0.717) is 38.5 Å². The average Bonchev–Trinajstić information content (AvgIpc) is 3.06. The van der Waals surface area contributed by atoms with Crippen LogP contribution in [0.3, 0.4) is 0 Å². The molecule has 226 valence electrons. The average molecular weight is 574 g/mol. The molecule has 2 amide bonds. The number of nitrogens with zero attached hydrogens (tertiary/aromatic N) is 5. The van der Waals surface area contributed by atoms with Crippen LogP contribution in [0.2, 0.25) is 0 Å². The van der Waals surface area contributed by atoms with Crippen molar-refractivity contribution in [3.63, 3.8) is 0 Å². The fraction of sp³-hybridized carbons (Fsp3) is 0.588. The Morgan fingerprint density at radius 3 is 2.21 bits per heavy atom. The molecule has 1 unspecified atom stereocenters. The number of rotatable bonds is 10. The van der Waals surface area contributed by atoms with Crippen molar-refractivity contribution < 1.29 is 14.3 Å². The first-order chi connectivity index (χ1) is 20.5. The van der Waals surface area contributed by atoms with Crippen LogP contribution in [0.4, 0.5) is 5.95 Å². The third-order valence-electron chi connectivity index (χ3n) is 9.16. The topological polar surface area (TPSA) is 78.9 Å². The zero-order chi connectivity index (χ0) is 29.3. The van der Waals surface area contributed by atoms with Crippen LogP contribution in [0.25, 0.3) is 5.57 Å². The van der Waals surface area contributed by atoms with Gasteiger partial charge >= 0.3 is 0 Å². The Balaban J connectivity index is 1.03. The van der Waals surface area contributed by atoms with Crippen molar-refractivity contribution in [3.05, 3.63) is 53.9 Å². The minimum atomic E-state index is 0.0485. The van der Waals surface area contributed by atoms with Crippen LogP contribution in [0.5, 0.6) is 5.75 Å². The minimum absolute atomic E-state index is 0.0485. The molecule has 0 bridgehead atoms. The maximum absolute atomic E-state index is 13.2. The largest absolute Gasteiger partial charge is 0.493 e. The molecule has 2 aromatic rings. The molecule has 3 heterocycles. The van der Waals surface area contributed by atoms with Crippen LogP contribution in [0.1, 0.15) is 76.3 Å². The summed E-state index contributed by atoms with van der Waals surface area (Å²) < 4.78 is 6.17. The number of benzene rings is 1. The van der Waals surface area contributed by atoms with Crippen molar-refractivity contribution in [1.82, 2.24) is 19.8 Å². The molecule has 1 aromatic heterocycles. The van der Waals surface area contributed by atoms with Crippen molar-refractivity contribution in [2.24, 2.45) is 11.8 Å². The van der Waals surface area contributed by atoms with Gasteiger partial charge in [-0.1, -0.05) is 38.5 Å². The number of allylic oxidation sites excluding steroid dienone is 2. The normalized spacial score (nSPS) is 19.9. The lowest BCUT2D eigenvalue weighted by atomic mass is 9.85. The number of ether oxygens (including phenoxy) is 1. The Morgan fingerprint density at radius 2 is 1.60 bits per heavy atom. The van der Waals surface area contributed by atoms with Crippen LogP contribution in [-0.4, -0.2) is 77.5 Å². The molecule has 3 aliphatic rings. The van der Waals surface area contributed by atoms with Crippen molar-refractivity contribution in [1.29, 1.82) is 0 Å². The first-order valence-corrected chi connectivity index (χ1v) is 16.1. The van der Waals surface area contributed by atoms with E-state index in [-0.39, 0.29) is 17.7 Å². The zero-order valence-electron chi connectivity index (χ0n) is 25.5. The molecule has 8 nitrogen and oxygen atoms in total. The van der Waals surface area contributed by atoms with Gasteiger partial charge in [0.15, 0.2) is 0 Å². The molecule has 8 heteroatoms. The van der Waals surface area contributed by atoms with Crippen molar-refractivity contribution in [2.45, 2.75) is 71.6 Å². The number of piperidine rings is 1. The number of carbonyl (C=O) groups is 2. The number of hydrogen-bond donors (Lipinski definition) is 0. The van der Waals surface area contributed by atoms with Crippen LogP contribution >= 0.6 is 0 Å². The third kappa shape index (κ3) is 7.69. The van der Waals surface area contributed by atoms with Gasteiger partial charge in [-0.15, -0.1) is 0 Å². The maximum Gasteiger partial charge on any atom is 0.226 e. The summed E-state index contributed by atoms with van der Waals surface area (Å²) in [5.74, 6) is 2.82. The summed E-state index contributed by atoms with van der Waals surface area (Å²) in [5.41, 5.74) is 3.71. The second kappa shape index (κ2) is 14.7. The fourth-order valence-corrected chi connectivity index (χ4v) is 6.21. The van der Waals surface area contributed by atoms with Crippen LogP contribution in [0, 0.1) is 11.8 Å². The maximum atomic E-state index is 13.2. The molecule has 2 saturated heterocycles. The molecule has 0 radical (unpaired) electrons. The minimum Gasteiger partial charge on any atom is -0.493 e. The highest BCUT2D eigenvalue weighted by atomic mass is 16.5. The van der Waals surface area contributed by atoms with Crippen LogP contribution < -0.4 is 9.64 Å². The molecule has 5 rings (SSSR count). The van der Waals surface area contributed by atoms with E-state index in [1.54, 1.807) is 0 Å². The van der Waals surface area contributed by atoms with Crippen molar-refractivity contribution in [2.75, 3.05) is 50.8 Å². The summed E-state index contributed by atoms with van der Waals surface area (Å²) in [7, 11) is 0. The second-order valence-electron chi connectivity index (χ2n) is 12.0. The number of amides is 2. The summed E-state index contributed by atoms with van der Waals surface area (Å²) >= 11 is 0. The highest BCUT2D eigenvalue weighted by molar-refractivity contribution is 5.81. The van der Waals surface area contributed by atoms with E-state index in [0.717, 1.165) is 82.8 Å². The third-order valence-corrected chi connectivity index (χ3v) is 9.16. The smallest absolute Gasteiger partial charge is 0.226 e. The van der Waals surface area contributed by atoms with Gasteiger partial charge in [0.1, 0.15) is 5.75 Å². The van der Waals surface area contributed by atoms with Gasteiger partial charge in [-0.05, 0) is 79.7 Å². The predicted molar refractivity (Wildman–Crippen MR) is 166 cm³/mol. The first kappa shape index (κ1) is 30.1. The SMILES string of the molecule is CCCCC(=O)N1CCN(C(=O)C2CC=C(c3ccc(OCC4CCN(c5ncc(CC)cn5)CC4)cc3)CC2)CC1. The Bertz CT molecular complexity index is 1200. The van der Waals surface area contributed by atoms with Gasteiger partial charge in [0.2, 0.25) is 17.8 Å². The molecular formula is C34H47N5O3. The molecule has 0 N–H and O–H groups in total. The van der Waals surface area contributed by atoms with E-state index in [4.69, 9.17) is 4.74 Å².